The summed E-state index contributed by atoms with van der Waals surface area (Å²) in [4.78, 5) is 0. The van der Waals surface area contributed by atoms with Gasteiger partial charge in [0.1, 0.15) is 5.15 Å². The van der Waals surface area contributed by atoms with Gasteiger partial charge >= 0.3 is 6.18 Å². The fraction of sp³-hybridized carbons (Fsp3) is 0.182. The van der Waals surface area contributed by atoms with Crippen LogP contribution in [0.2, 0.25) is 10.2 Å². The minimum Gasteiger partial charge on any atom is -0.221 e. The summed E-state index contributed by atoms with van der Waals surface area (Å²) >= 11 is 11.6. The lowest BCUT2D eigenvalue weighted by Gasteiger charge is -2.03. The highest BCUT2D eigenvalue weighted by molar-refractivity contribution is 6.31. The van der Waals surface area contributed by atoms with E-state index >= 15 is 0 Å². The highest BCUT2D eigenvalue weighted by atomic mass is 35.5. The first-order chi connectivity index (χ1) is 8.30. The van der Waals surface area contributed by atoms with E-state index in [4.69, 9.17) is 23.2 Å². The first-order valence-electron chi connectivity index (χ1n) is 4.89. The second-order valence-corrected chi connectivity index (χ2v) is 4.45. The van der Waals surface area contributed by atoms with Gasteiger partial charge in [-0.25, -0.2) is 4.68 Å². The second kappa shape index (κ2) is 4.48. The van der Waals surface area contributed by atoms with Crippen LogP contribution in [-0.2, 0) is 6.18 Å². The third-order valence-corrected chi connectivity index (χ3v) is 3.05. The van der Waals surface area contributed by atoms with Crippen molar-refractivity contribution in [2.75, 3.05) is 0 Å². The van der Waals surface area contributed by atoms with Crippen LogP contribution in [0, 0.1) is 6.92 Å². The first kappa shape index (κ1) is 13.2. The van der Waals surface area contributed by atoms with Gasteiger partial charge in [0.05, 0.1) is 5.69 Å². The van der Waals surface area contributed by atoms with Crippen LogP contribution in [0.15, 0.2) is 24.3 Å². The number of rotatable bonds is 1. The molecule has 1 aromatic heterocycles. The predicted octanol–water partition coefficient (Wildman–Crippen LogP) is 4.51. The maximum Gasteiger partial charge on any atom is 0.435 e. The lowest BCUT2D eigenvalue weighted by Crippen LogP contribution is -2.08. The standard InChI is InChI=1S/C11H7Cl2F3N2/c1-6-9(11(14,15)16)17-18(10(6)13)8-4-2-3-7(12)5-8/h2-5H,1H3. The molecule has 0 unspecified atom stereocenters. The number of nitrogens with zero attached hydrogens (tertiary/aromatic N) is 2. The molecule has 1 aromatic carbocycles. The minimum atomic E-state index is -4.53. The molecule has 0 N–H and O–H groups in total. The van der Waals surface area contributed by atoms with E-state index in [1.807, 2.05) is 0 Å². The van der Waals surface area contributed by atoms with Crippen LogP contribution in [0.25, 0.3) is 5.69 Å². The summed E-state index contributed by atoms with van der Waals surface area (Å²) in [6.45, 7) is 1.28. The summed E-state index contributed by atoms with van der Waals surface area (Å²) in [5.74, 6) is 0. The average Bonchev–Trinajstić information content (AvgIpc) is 2.55. The Morgan fingerprint density at radius 2 is 1.89 bits per heavy atom. The largest absolute Gasteiger partial charge is 0.435 e. The van der Waals surface area contributed by atoms with Crippen molar-refractivity contribution < 1.29 is 13.2 Å². The van der Waals surface area contributed by atoms with Gasteiger partial charge in [0, 0.05) is 10.6 Å². The number of benzene rings is 1. The van der Waals surface area contributed by atoms with Crippen molar-refractivity contribution in [3.8, 4) is 5.69 Å². The van der Waals surface area contributed by atoms with Crippen LogP contribution in [-0.4, -0.2) is 9.78 Å². The Hall–Kier alpha value is -1.20. The molecular formula is C11H7Cl2F3N2. The van der Waals surface area contributed by atoms with Crippen molar-refractivity contribution in [3.63, 3.8) is 0 Å². The average molecular weight is 295 g/mol. The van der Waals surface area contributed by atoms with Gasteiger partial charge in [-0.05, 0) is 25.1 Å². The normalized spacial score (nSPS) is 11.9. The van der Waals surface area contributed by atoms with E-state index in [2.05, 4.69) is 5.10 Å². The summed E-state index contributed by atoms with van der Waals surface area (Å²) in [7, 11) is 0. The van der Waals surface area contributed by atoms with Gasteiger partial charge in [-0.3, -0.25) is 0 Å². The molecule has 2 aromatic rings. The monoisotopic (exact) mass is 294 g/mol. The molecule has 2 nitrogen and oxygen atoms in total. The zero-order chi connectivity index (χ0) is 13.5. The maximum atomic E-state index is 12.7. The molecule has 0 saturated heterocycles. The molecule has 96 valence electrons. The maximum absolute atomic E-state index is 12.7. The topological polar surface area (TPSA) is 17.8 Å². The first-order valence-corrected chi connectivity index (χ1v) is 5.64. The second-order valence-electron chi connectivity index (χ2n) is 3.65. The van der Waals surface area contributed by atoms with Crippen molar-refractivity contribution in [2.45, 2.75) is 13.1 Å². The smallest absolute Gasteiger partial charge is 0.221 e. The number of alkyl halides is 3. The molecule has 0 fully saturated rings. The third-order valence-electron chi connectivity index (χ3n) is 2.37. The number of hydrogen-bond donors (Lipinski definition) is 0. The summed E-state index contributed by atoms with van der Waals surface area (Å²) < 4.78 is 39.0. The number of hydrogen-bond acceptors (Lipinski definition) is 1. The molecule has 0 saturated carbocycles. The molecule has 7 heteroatoms. The van der Waals surface area contributed by atoms with E-state index in [1.165, 1.54) is 13.0 Å². The van der Waals surface area contributed by atoms with Gasteiger partial charge in [0.2, 0.25) is 0 Å². The van der Waals surface area contributed by atoms with Crippen LogP contribution in [0.3, 0.4) is 0 Å². The molecule has 2 rings (SSSR count). The fourth-order valence-corrected chi connectivity index (χ4v) is 1.93. The Morgan fingerprint density at radius 3 is 2.39 bits per heavy atom. The predicted molar refractivity (Wildman–Crippen MR) is 63.3 cm³/mol. The van der Waals surface area contributed by atoms with Gasteiger partial charge in [0.25, 0.3) is 0 Å². The Bertz CT molecular complexity index is 590. The molecule has 0 aliphatic heterocycles. The lowest BCUT2D eigenvalue weighted by molar-refractivity contribution is -0.141. The quantitative estimate of drug-likeness (QED) is 0.757. The molecule has 0 atom stereocenters. The van der Waals surface area contributed by atoms with E-state index in [0.29, 0.717) is 10.7 Å². The summed E-state index contributed by atoms with van der Waals surface area (Å²) in [6.07, 6.45) is -4.53. The summed E-state index contributed by atoms with van der Waals surface area (Å²) in [5.41, 5.74) is -0.720. The molecule has 1 heterocycles. The van der Waals surface area contributed by atoms with Gasteiger partial charge in [-0.15, -0.1) is 0 Å². The highest BCUT2D eigenvalue weighted by Crippen LogP contribution is 2.35. The van der Waals surface area contributed by atoms with Crippen LogP contribution >= 0.6 is 23.2 Å². The molecule has 0 aliphatic carbocycles. The lowest BCUT2D eigenvalue weighted by atomic mass is 10.3. The zero-order valence-electron chi connectivity index (χ0n) is 9.09. The Kier molecular flexibility index (Phi) is 3.29. The number of halogens is 5. The Labute approximate surface area is 111 Å². The van der Waals surface area contributed by atoms with Crippen LogP contribution in [0.5, 0.6) is 0 Å². The van der Waals surface area contributed by atoms with Gasteiger partial charge in [-0.1, -0.05) is 29.3 Å². The Morgan fingerprint density at radius 1 is 1.22 bits per heavy atom. The van der Waals surface area contributed by atoms with Crippen LogP contribution in [0.4, 0.5) is 13.2 Å². The van der Waals surface area contributed by atoms with Crippen molar-refractivity contribution in [3.05, 3.63) is 45.7 Å². The fourth-order valence-electron chi connectivity index (χ4n) is 1.52. The van der Waals surface area contributed by atoms with Gasteiger partial charge < -0.3 is 0 Å². The van der Waals surface area contributed by atoms with Crippen molar-refractivity contribution in [1.82, 2.24) is 9.78 Å². The summed E-state index contributed by atoms with van der Waals surface area (Å²) in [5, 5.41) is 3.81. The molecule has 0 amide bonds. The molecule has 18 heavy (non-hydrogen) atoms. The van der Waals surface area contributed by atoms with Gasteiger partial charge in [-0.2, -0.15) is 18.3 Å². The zero-order valence-corrected chi connectivity index (χ0v) is 10.6. The third kappa shape index (κ3) is 2.33. The van der Waals surface area contributed by atoms with E-state index < -0.39 is 11.9 Å². The van der Waals surface area contributed by atoms with Crippen molar-refractivity contribution >= 4 is 23.2 Å². The van der Waals surface area contributed by atoms with Gasteiger partial charge in [0.15, 0.2) is 5.69 Å². The van der Waals surface area contributed by atoms with Crippen LogP contribution < -0.4 is 0 Å². The van der Waals surface area contributed by atoms with E-state index in [-0.39, 0.29) is 10.7 Å². The van der Waals surface area contributed by atoms with E-state index in [9.17, 15) is 13.2 Å². The van der Waals surface area contributed by atoms with Crippen LogP contribution in [0.1, 0.15) is 11.3 Å². The Balaban J connectivity index is 2.60. The molecular weight excluding hydrogens is 288 g/mol. The summed E-state index contributed by atoms with van der Waals surface area (Å²) in [6, 6.07) is 6.28. The minimum absolute atomic E-state index is 0.0791. The highest BCUT2D eigenvalue weighted by Gasteiger charge is 2.37. The van der Waals surface area contributed by atoms with Crippen molar-refractivity contribution in [2.24, 2.45) is 0 Å². The molecule has 0 aliphatic rings. The van der Waals surface area contributed by atoms with E-state index in [1.54, 1.807) is 18.2 Å². The molecule has 0 radical (unpaired) electrons. The van der Waals surface area contributed by atoms with Crippen molar-refractivity contribution in [1.29, 1.82) is 0 Å². The molecule has 0 spiro atoms. The SMILES string of the molecule is Cc1c(C(F)(F)F)nn(-c2cccc(Cl)c2)c1Cl. The molecule has 0 bridgehead atoms. The number of aromatic nitrogens is 2. The van der Waals surface area contributed by atoms with E-state index in [0.717, 1.165) is 4.68 Å².